The van der Waals surface area contributed by atoms with Crippen LogP contribution in [0.1, 0.15) is 12.8 Å². The minimum atomic E-state index is -4.62. The van der Waals surface area contributed by atoms with Crippen molar-refractivity contribution < 1.29 is 26.4 Å². The Bertz CT molecular complexity index is 626. The van der Waals surface area contributed by atoms with E-state index in [0.717, 1.165) is 6.42 Å². The second-order valence-electron chi connectivity index (χ2n) is 4.58. The summed E-state index contributed by atoms with van der Waals surface area (Å²) in [6.07, 6.45) is -3.45. The van der Waals surface area contributed by atoms with Crippen molar-refractivity contribution in [1.29, 1.82) is 0 Å². The van der Waals surface area contributed by atoms with Crippen molar-refractivity contribution in [2.24, 2.45) is 0 Å². The van der Waals surface area contributed by atoms with Crippen molar-refractivity contribution in [2.45, 2.75) is 23.9 Å². The number of sulfonamides is 1. The summed E-state index contributed by atoms with van der Waals surface area (Å²) in [6, 6.07) is 5.18. The number of amides is 1. The zero-order chi connectivity index (χ0) is 15.7. The summed E-state index contributed by atoms with van der Waals surface area (Å²) in [5.41, 5.74) is 0.535. The zero-order valence-corrected chi connectivity index (χ0v) is 11.7. The number of anilines is 1. The number of hydrogen-bond donors (Lipinski definition) is 1. The number of benzene rings is 1. The Labute approximate surface area is 119 Å². The number of carbonyl (C=O) groups is 1. The third kappa shape index (κ3) is 3.94. The fourth-order valence-corrected chi connectivity index (χ4v) is 3.00. The largest absolute Gasteiger partial charge is 0.402 e. The molecule has 21 heavy (non-hydrogen) atoms. The molecule has 1 aromatic rings. The van der Waals surface area contributed by atoms with Crippen LogP contribution in [0.2, 0.25) is 0 Å². The molecule has 1 amide bonds. The maximum Gasteiger partial charge on any atom is 0.402 e. The molecule has 9 heteroatoms. The summed E-state index contributed by atoms with van der Waals surface area (Å²) in [7, 11) is -4.22. The van der Waals surface area contributed by atoms with E-state index in [1.165, 1.54) is 33.9 Å². The van der Waals surface area contributed by atoms with Crippen molar-refractivity contribution in [2.75, 3.05) is 18.0 Å². The number of rotatable bonds is 4. The Hall–Kier alpha value is -1.61. The van der Waals surface area contributed by atoms with E-state index in [0.29, 0.717) is 18.7 Å². The molecule has 0 spiro atoms. The molecular weight excluding hydrogens is 309 g/mol. The Kier molecular flexibility index (Phi) is 4.24. The van der Waals surface area contributed by atoms with E-state index in [9.17, 15) is 26.4 Å². The summed E-state index contributed by atoms with van der Waals surface area (Å²) >= 11 is 0. The molecule has 1 aromatic carbocycles. The van der Waals surface area contributed by atoms with Crippen LogP contribution in [0, 0.1) is 0 Å². The zero-order valence-electron chi connectivity index (χ0n) is 10.9. The van der Waals surface area contributed by atoms with Gasteiger partial charge in [-0.25, -0.2) is 13.1 Å². The van der Waals surface area contributed by atoms with Gasteiger partial charge < -0.3 is 4.90 Å². The van der Waals surface area contributed by atoms with Gasteiger partial charge >= 0.3 is 6.18 Å². The van der Waals surface area contributed by atoms with Crippen LogP contribution >= 0.6 is 0 Å². The first-order valence-corrected chi connectivity index (χ1v) is 7.64. The maximum atomic E-state index is 12.0. The quantitative estimate of drug-likeness (QED) is 0.917. The third-order valence-electron chi connectivity index (χ3n) is 2.99. The lowest BCUT2D eigenvalue weighted by molar-refractivity contribution is -0.121. The van der Waals surface area contributed by atoms with Gasteiger partial charge in [0.15, 0.2) is 0 Å². The van der Waals surface area contributed by atoms with Crippen LogP contribution in [0.5, 0.6) is 0 Å². The molecular formula is C12H13F3N2O3S. The Morgan fingerprint density at radius 2 is 1.81 bits per heavy atom. The summed E-state index contributed by atoms with van der Waals surface area (Å²) in [5.74, 6) is -0.0548. The average Bonchev–Trinajstić information content (AvgIpc) is 2.82. The van der Waals surface area contributed by atoms with E-state index < -0.39 is 22.7 Å². The molecule has 0 aliphatic carbocycles. The van der Waals surface area contributed by atoms with Gasteiger partial charge in [-0.3, -0.25) is 4.79 Å². The number of hydrogen-bond acceptors (Lipinski definition) is 3. The van der Waals surface area contributed by atoms with Gasteiger partial charge in [-0.05, 0) is 30.7 Å². The molecule has 0 aromatic heterocycles. The number of carbonyl (C=O) groups excluding carboxylic acids is 1. The summed E-state index contributed by atoms with van der Waals surface area (Å²) in [4.78, 5) is 12.8. The standard InChI is InChI=1S/C12H13F3N2O3S/c13-12(14,15)8-16-21(19,20)10-5-3-9(4-6-10)17-7-1-2-11(17)18/h3-6,16H,1-2,7-8H2. The molecule has 0 radical (unpaired) electrons. The molecule has 0 atom stereocenters. The first-order valence-electron chi connectivity index (χ1n) is 6.16. The van der Waals surface area contributed by atoms with Gasteiger partial charge in [-0.15, -0.1) is 0 Å². The van der Waals surface area contributed by atoms with Gasteiger partial charge in [0.2, 0.25) is 15.9 Å². The molecule has 5 nitrogen and oxygen atoms in total. The number of nitrogens with one attached hydrogen (secondary N) is 1. The monoisotopic (exact) mass is 322 g/mol. The van der Waals surface area contributed by atoms with Crippen molar-refractivity contribution in [3.05, 3.63) is 24.3 Å². The molecule has 1 N–H and O–H groups in total. The normalized spacial score (nSPS) is 16.5. The first-order chi connectivity index (χ1) is 9.69. The lowest BCUT2D eigenvalue weighted by Gasteiger charge is -2.16. The average molecular weight is 322 g/mol. The van der Waals surface area contributed by atoms with Crippen molar-refractivity contribution in [3.8, 4) is 0 Å². The number of nitrogens with zero attached hydrogens (tertiary/aromatic N) is 1. The van der Waals surface area contributed by atoms with Gasteiger partial charge in [0.05, 0.1) is 4.90 Å². The topological polar surface area (TPSA) is 66.5 Å². The van der Waals surface area contributed by atoms with E-state index >= 15 is 0 Å². The van der Waals surface area contributed by atoms with Crippen molar-refractivity contribution in [1.82, 2.24) is 4.72 Å². The van der Waals surface area contributed by atoms with E-state index in [-0.39, 0.29) is 10.8 Å². The predicted molar refractivity (Wildman–Crippen MR) is 69.3 cm³/mol. The molecule has 1 aliphatic rings. The molecule has 2 rings (SSSR count). The number of halogens is 3. The summed E-state index contributed by atoms with van der Waals surface area (Å²) in [5, 5.41) is 0. The van der Waals surface area contributed by atoms with E-state index in [1.807, 2.05) is 0 Å². The summed E-state index contributed by atoms with van der Waals surface area (Å²) < 4.78 is 61.0. The third-order valence-corrected chi connectivity index (χ3v) is 4.41. The number of alkyl halides is 3. The Balaban J connectivity index is 2.13. The Morgan fingerprint density at radius 1 is 1.19 bits per heavy atom. The molecule has 1 fully saturated rings. The smallest absolute Gasteiger partial charge is 0.312 e. The van der Waals surface area contributed by atoms with Gasteiger partial charge in [0.25, 0.3) is 0 Å². The van der Waals surface area contributed by atoms with Crippen LogP contribution < -0.4 is 9.62 Å². The van der Waals surface area contributed by atoms with Crippen molar-refractivity contribution >= 4 is 21.6 Å². The van der Waals surface area contributed by atoms with Crippen LogP contribution in [0.15, 0.2) is 29.2 Å². The van der Waals surface area contributed by atoms with Crippen LogP contribution in [0.25, 0.3) is 0 Å². The fourth-order valence-electron chi connectivity index (χ4n) is 1.99. The fraction of sp³-hybridized carbons (Fsp3) is 0.417. The highest BCUT2D eigenvalue weighted by Gasteiger charge is 2.30. The Morgan fingerprint density at radius 3 is 2.29 bits per heavy atom. The van der Waals surface area contributed by atoms with E-state index in [4.69, 9.17) is 0 Å². The van der Waals surface area contributed by atoms with Crippen LogP contribution in [0.4, 0.5) is 18.9 Å². The van der Waals surface area contributed by atoms with E-state index in [1.54, 1.807) is 0 Å². The lowest BCUT2D eigenvalue weighted by Crippen LogP contribution is -2.33. The minimum absolute atomic E-state index is 0.0548. The van der Waals surface area contributed by atoms with Gasteiger partial charge in [0, 0.05) is 18.7 Å². The highest BCUT2D eigenvalue weighted by atomic mass is 32.2. The first kappa shape index (κ1) is 15.8. The second-order valence-corrected chi connectivity index (χ2v) is 6.35. The van der Waals surface area contributed by atoms with Crippen LogP contribution in [-0.4, -0.2) is 33.6 Å². The SMILES string of the molecule is O=C1CCCN1c1ccc(S(=O)(=O)NCC(F)(F)F)cc1. The minimum Gasteiger partial charge on any atom is -0.312 e. The van der Waals surface area contributed by atoms with E-state index in [2.05, 4.69) is 0 Å². The highest BCUT2D eigenvalue weighted by molar-refractivity contribution is 7.89. The highest BCUT2D eigenvalue weighted by Crippen LogP contribution is 2.23. The molecule has 1 heterocycles. The second kappa shape index (κ2) is 5.64. The van der Waals surface area contributed by atoms with Gasteiger partial charge in [-0.1, -0.05) is 0 Å². The van der Waals surface area contributed by atoms with Crippen LogP contribution in [0.3, 0.4) is 0 Å². The summed E-state index contributed by atoms with van der Waals surface area (Å²) in [6.45, 7) is -1.07. The maximum absolute atomic E-state index is 12.0. The van der Waals surface area contributed by atoms with Gasteiger partial charge in [-0.2, -0.15) is 13.2 Å². The predicted octanol–water partition coefficient (Wildman–Crippen LogP) is 1.65. The van der Waals surface area contributed by atoms with Crippen molar-refractivity contribution in [3.63, 3.8) is 0 Å². The molecule has 1 saturated heterocycles. The molecule has 0 unspecified atom stereocenters. The molecule has 1 aliphatic heterocycles. The lowest BCUT2D eigenvalue weighted by atomic mass is 10.3. The molecule has 0 bridgehead atoms. The van der Waals surface area contributed by atoms with Gasteiger partial charge in [0.1, 0.15) is 6.54 Å². The molecule has 0 saturated carbocycles. The van der Waals surface area contributed by atoms with Crippen LogP contribution in [-0.2, 0) is 14.8 Å². The molecule has 116 valence electrons.